The predicted molar refractivity (Wildman–Crippen MR) is 72.3 cm³/mol. The first kappa shape index (κ1) is 13.6. The molecule has 0 aliphatic carbocycles. The molecular weight excluding hydrogens is 267 g/mol. The molecule has 0 spiro atoms. The zero-order valence-corrected chi connectivity index (χ0v) is 11.1. The smallest absolute Gasteiger partial charge is 0.153 e. The van der Waals surface area contributed by atoms with Crippen molar-refractivity contribution < 1.29 is 13.9 Å². The molecule has 0 amide bonds. The molecule has 0 aliphatic rings. The summed E-state index contributed by atoms with van der Waals surface area (Å²) in [7, 11) is 0. The monoisotopic (exact) mass is 278 g/mol. The van der Waals surface area contributed by atoms with E-state index >= 15 is 0 Å². The second-order valence-corrected chi connectivity index (χ2v) is 4.62. The van der Waals surface area contributed by atoms with Gasteiger partial charge in [0.2, 0.25) is 0 Å². The van der Waals surface area contributed by atoms with Gasteiger partial charge in [0.05, 0.1) is 5.56 Å². The molecule has 0 atom stereocenters. The number of hydrogen-bond acceptors (Lipinski definition) is 2. The fourth-order valence-corrected chi connectivity index (χ4v) is 1.84. The maximum atomic E-state index is 13.6. The highest BCUT2D eigenvalue weighted by molar-refractivity contribution is 6.30. The van der Waals surface area contributed by atoms with Crippen LogP contribution in [0.1, 0.15) is 21.5 Å². The predicted octanol–water partition coefficient (Wildman–Crippen LogP) is 4.18. The molecule has 19 heavy (non-hydrogen) atoms. The van der Waals surface area contributed by atoms with Crippen LogP contribution in [-0.4, -0.2) is 6.29 Å². The van der Waals surface area contributed by atoms with Crippen LogP contribution in [0.3, 0.4) is 0 Å². The Labute approximate surface area is 115 Å². The topological polar surface area (TPSA) is 26.3 Å². The number of benzene rings is 2. The van der Waals surface area contributed by atoms with Gasteiger partial charge in [-0.2, -0.15) is 0 Å². The van der Waals surface area contributed by atoms with Gasteiger partial charge in [0.25, 0.3) is 0 Å². The third-order valence-electron chi connectivity index (χ3n) is 2.69. The van der Waals surface area contributed by atoms with Crippen molar-refractivity contribution in [3.05, 3.63) is 63.9 Å². The van der Waals surface area contributed by atoms with Crippen LogP contribution in [0.25, 0.3) is 0 Å². The lowest BCUT2D eigenvalue weighted by Crippen LogP contribution is -2.00. The number of rotatable bonds is 4. The second-order valence-electron chi connectivity index (χ2n) is 4.18. The summed E-state index contributed by atoms with van der Waals surface area (Å²) in [6, 6.07) is 9.65. The first-order valence-electron chi connectivity index (χ1n) is 5.72. The molecule has 0 saturated carbocycles. The molecule has 0 bridgehead atoms. The van der Waals surface area contributed by atoms with Gasteiger partial charge in [-0.1, -0.05) is 29.3 Å². The normalized spacial score (nSPS) is 10.3. The molecule has 0 fully saturated rings. The van der Waals surface area contributed by atoms with Crippen LogP contribution in [0.15, 0.2) is 36.4 Å². The highest BCUT2D eigenvalue weighted by Gasteiger charge is 2.07. The van der Waals surface area contributed by atoms with Crippen molar-refractivity contribution in [2.75, 3.05) is 0 Å². The van der Waals surface area contributed by atoms with Crippen LogP contribution in [0.2, 0.25) is 5.02 Å². The van der Waals surface area contributed by atoms with Gasteiger partial charge in [0.1, 0.15) is 18.2 Å². The number of hydrogen-bond donors (Lipinski definition) is 0. The van der Waals surface area contributed by atoms with Crippen LogP contribution in [0, 0.1) is 12.7 Å². The molecule has 98 valence electrons. The van der Waals surface area contributed by atoms with Crippen LogP contribution in [0.5, 0.6) is 5.75 Å². The highest BCUT2D eigenvalue weighted by atomic mass is 35.5. The fraction of sp³-hybridized carbons (Fsp3) is 0.133. The largest absolute Gasteiger partial charge is 0.488 e. The Morgan fingerprint density at radius 3 is 2.74 bits per heavy atom. The molecule has 2 nitrogen and oxygen atoms in total. The van der Waals surface area contributed by atoms with E-state index in [0.29, 0.717) is 21.9 Å². The molecule has 0 aliphatic heterocycles. The fourth-order valence-electron chi connectivity index (χ4n) is 1.69. The Bertz CT molecular complexity index is 611. The van der Waals surface area contributed by atoms with Crippen molar-refractivity contribution in [1.29, 1.82) is 0 Å². The van der Waals surface area contributed by atoms with E-state index in [0.717, 1.165) is 11.8 Å². The van der Waals surface area contributed by atoms with Crippen molar-refractivity contribution in [1.82, 2.24) is 0 Å². The van der Waals surface area contributed by atoms with Crippen molar-refractivity contribution in [3.63, 3.8) is 0 Å². The van der Waals surface area contributed by atoms with Crippen LogP contribution >= 0.6 is 11.6 Å². The molecule has 0 aromatic heterocycles. The molecule has 0 saturated heterocycles. The molecular formula is C15H12ClFO2. The summed E-state index contributed by atoms with van der Waals surface area (Å²) in [5, 5.41) is 0.338. The minimum atomic E-state index is -0.424. The average Bonchev–Trinajstić information content (AvgIpc) is 2.39. The molecule has 0 N–H and O–H groups in total. The van der Waals surface area contributed by atoms with E-state index < -0.39 is 5.82 Å². The van der Waals surface area contributed by atoms with Gasteiger partial charge < -0.3 is 4.74 Å². The van der Waals surface area contributed by atoms with Crippen molar-refractivity contribution in [2.45, 2.75) is 13.5 Å². The van der Waals surface area contributed by atoms with E-state index in [1.54, 1.807) is 24.3 Å². The second kappa shape index (κ2) is 5.85. The third-order valence-corrected chi connectivity index (χ3v) is 2.93. The maximum Gasteiger partial charge on any atom is 0.153 e. The van der Waals surface area contributed by atoms with Gasteiger partial charge >= 0.3 is 0 Å². The number of ether oxygens (including phenoxy) is 1. The lowest BCUT2D eigenvalue weighted by molar-refractivity contribution is 0.111. The summed E-state index contributed by atoms with van der Waals surface area (Å²) in [4.78, 5) is 10.9. The molecule has 2 aromatic rings. The van der Waals surface area contributed by atoms with Crippen LogP contribution < -0.4 is 4.74 Å². The average molecular weight is 279 g/mol. The lowest BCUT2D eigenvalue weighted by Gasteiger charge is -2.10. The molecule has 2 rings (SSSR count). The van der Waals surface area contributed by atoms with E-state index in [-0.39, 0.29) is 6.61 Å². The van der Waals surface area contributed by atoms with Crippen LogP contribution in [-0.2, 0) is 6.61 Å². The number of carbonyl (C=O) groups excluding carboxylic acids is 1. The van der Waals surface area contributed by atoms with Gasteiger partial charge in [0, 0.05) is 10.6 Å². The third kappa shape index (κ3) is 3.32. The molecule has 0 unspecified atom stereocenters. The molecule has 4 heteroatoms. The van der Waals surface area contributed by atoms with Crippen LogP contribution in [0.4, 0.5) is 4.39 Å². The van der Waals surface area contributed by atoms with Crippen molar-refractivity contribution in [3.8, 4) is 5.75 Å². The summed E-state index contributed by atoms with van der Waals surface area (Å²) in [6.07, 6.45) is 0.723. The van der Waals surface area contributed by atoms with Gasteiger partial charge in [-0.15, -0.1) is 0 Å². The standard InChI is InChI=1S/C15H12ClFO2/c1-10-2-5-15(12(6-10)8-18)19-9-11-3-4-13(16)7-14(11)17/h2-8H,9H2,1H3. The zero-order chi connectivity index (χ0) is 13.8. The Balaban J connectivity index is 2.16. The zero-order valence-electron chi connectivity index (χ0n) is 10.3. The van der Waals surface area contributed by atoms with E-state index in [4.69, 9.17) is 16.3 Å². The highest BCUT2D eigenvalue weighted by Crippen LogP contribution is 2.21. The Kier molecular flexibility index (Phi) is 4.17. The Morgan fingerprint density at radius 1 is 1.26 bits per heavy atom. The van der Waals surface area contributed by atoms with E-state index in [2.05, 4.69) is 0 Å². The SMILES string of the molecule is Cc1ccc(OCc2ccc(Cl)cc2F)c(C=O)c1. The molecule has 0 radical (unpaired) electrons. The number of aryl methyl sites for hydroxylation is 1. The Hall–Kier alpha value is -1.87. The summed E-state index contributed by atoms with van der Waals surface area (Å²) in [5.41, 5.74) is 1.81. The number of aldehydes is 1. The maximum absolute atomic E-state index is 13.6. The Morgan fingerprint density at radius 2 is 2.05 bits per heavy atom. The quantitative estimate of drug-likeness (QED) is 0.784. The summed E-state index contributed by atoms with van der Waals surface area (Å²) in [5.74, 6) is 0.0159. The minimum Gasteiger partial charge on any atom is -0.488 e. The molecule has 2 aromatic carbocycles. The number of halogens is 2. The number of carbonyl (C=O) groups is 1. The van der Waals surface area contributed by atoms with Gasteiger partial charge in [-0.25, -0.2) is 4.39 Å². The summed E-state index contributed by atoms with van der Waals surface area (Å²) < 4.78 is 19.0. The summed E-state index contributed by atoms with van der Waals surface area (Å²) in [6.45, 7) is 1.93. The molecule has 0 heterocycles. The first-order valence-corrected chi connectivity index (χ1v) is 6.10. The van der Waals surface area contributed by atoms with Gasteiger partial charge in [-0.3, -0.25) is 4.79 Å². The van der Waals surface area contributed by atoms with E-state index in [1.807, 2.05) is 13.0 Å². The first-order chi connectivity index (χ1) is 9.10. The lowest BCUT2D eigenvalue weighted by atomic mass is 10.1. The van der Waals surface area contributed by atoms with Crippen molar-refractivity contribution in [2.24, 2.45) is 0 Å². The minimum absolute atomic E-state index is 0.0485. The van der Waals surface area contributed by atoms with Crippen molar-refractivity contribution >= 4 is 17.9 Å². The van der Waals surface area contributed by atoms with Gasteiger partial charge in [0.15, 0.2) is 6.29 Å². The van der Waals surface area contributed by atoms with E-state index in [1.165, 1.54) is 6.07 Å². The van der Waals surface area contributed by atoms with Gasteiger partial charge in [-0.05, 0) is 31.2 Å². The summed E-state index contributed by atoms with van der Waals surface area (Å²) >= 11 is 5.67. The van der Waals surface area contributed by atoms with E-state index in [9.17, 15) is 9.18 Å².